The fourth-order valence-electron chi connectivity index (χ4n) is 2.90. The van der Waals surface area contributed by atoms with Gasteiger partial charge in [0.15, 0.2) is 0 Å². The SMILES string of the molecule is O=C(Nc1ccc(C2=NCCN2)cc1)Nc1ccc(C2=NCCN2)cc1. The maximum atomic E-state index is 12.2. The van der Waals surface area contributed by atoms with Crippen molar-refractivity contribution in [3.63, 3.8) is 0 Å². The normalized spacial score (nSPS) is 15.5. The quantitative estimate of drug-likeness (QED) is 0.681. The van der Waals surface area contributed by atoms with E-state index in [-0.39, 0.29) is 6.03 Å². The van der Waals surface area contributed by atoms with Gasteiger partial charge in [0.2, 0.25) is 0 Å². The van der Waals surface area contributed by atoms with E-state index in [2.05, 4.69) is 31.3 Å². The number of anilines is 2. The molecule has 0 aromatic heterocycles. The van der Waals surface area contributed by atoms with Gasteiger partial charge in [0.1, 0.15) is 11.7 Å². The van der Waals surface area contributed by atoms with Crippen molar-refractivity contribution in [3.8, 4) is 0 Å². The summed E-state index contributed by atoms with van der Waals surface area (Å²) in [4.78, 5) is 20.9. The van der Waals surface area contributed by atoms with Crippen molar-refractivity contribution in [2.75, 3.05) is 36.8 Å². The molecule has 0 saturated carbocycles. The van der Waals surface area contributed by atoms with Crippen LogP contribution in [0.25, 0.3) is 0 Å². The van der Waals surface area contributed by atoms with Gasteiger partial charge >= 0.3 is 6.03 Å². The van der Waals surface area contributed by atoms with Gasteiger partial charge in [0.05, 0.1) is 13.1 Å². The van der Waals surface area contributed by atoms with Gasteiger partial charge < -0.3 is 21.3 Å². The minimum atomic E-state index is -0.279. The summed E-state index contributed by atoms with van der Waals surface area (Å²) in [6, 6.07) is 14.9. The number of carbonyl (C=O) groups is 1. The summed E-state index contributed by atoms with van der Waals surface area (Å²) in [7, 11) is 0. The Bertz CT molecular complexity index is 783. The predicted octanol–water partition coefficient (Wildman–Crippen LogP) is 2.03. The van der Waals surface area contributed by atoms with E-state index in [0.717, 1.165) is 60.4 Å². The van der Waals surface area contributed by atoms with Gasteiger partial charge in [-0.05, 0) is 48.5 Å². The Labute approximate surface area is 151 Å². The van der Waals surface area contributed by atoms with E-state index >= 15 is 0 Å². The van der Waals surface area contributed by atoms with Crippen molar-refractivity contribution in [1.29, 1.82) is 0 Å². The van der Waals surface area contributed by atoms with Crippen LogP contribution in [0, 0.1) is 0 Å². The predicted molar refractivity (Wildman–Crippen MR) is 104 cm³/mol. The zero-order valence-electron chi connectivity index (χ0n) is 14.2. The number of aliphatic imine (C=N–C) groups is 2. The zero-order chi connectivity index (χ0) is 17.8. The lowest BCUT2D eigenvalue weighted by Gasteiger charge is -2.09. The standard InChI is InChI=1S/C19H20N6O/c26-19(24-15-5-1-13(2-6-15)17-20-9-10-21-17)25-16-7-3-14(4-8-16)18-22-11-12-23-18/h1-8H,9-12H2,(H,20,21)(H,22,23)(H2,24,25,26). The molecule has 26 heavy (non-hydrogen) atoms. The van der Waals surface area contributed by atoms with Crippen molar-refractivity contribution in [2.45, 2.75) is 0 Å². The second-order valence-electron chi connectivity index (χ2n) is 6.05. The first-order valence-corrected chi connectivity index (χ1v) is 8.63. The largest absolute Gasteiger partial charge is 0.368 e. The first-order chi connectivity index (χ1) is 12.8. The number of amidine groups is 2. The lowest BCUT2D eigenvalue weighted by Crippen LogP contribution is -2.21. The van der Waals surface area contributed by atoms with Crippen molar-refractivity contribution in [3.05, 3.63) is 59.7 Å². The average Bonchev–Trinajstić information content (AvgIpc) is 3.37. The van der Waals surface area contributed by atoms with Crippen LogP contribution in [0.15, 0.2) is 58.5 Å². The van der Waals surface area contributed by atoms with Gasteiger partial charge in [-0.2, -0.15) is 0 Å². The molecular formula is C19H20N6O. The maximum absolute atomic E-state index is 12.2. The molecule has 0 atom stereocenters. The van der Waals surface area contributed by atoms with Crippen LogP contribution in [0.5, 0.6) is 0 Å². The zero-order valence-corrected chi connectivity index (χ0v) is 14.2. The number of nitrogens with one attached hydrogen (secondary N) is 4. The minimum Gasteiger partial charge on any atom is -0.368 e. The van der Waals surface area contributed by atoms with E-state index in [0.29, 0.717) is 0 Å². The summed E-state index contributed by atoms with van der Waals surface area (Å²) in [6.45, 7) is 3.36. The molecule has 2 aromatic carbocycles. The van der Waals surface area contributed by atoms with Crippen molar-refractivity contribution < 1.29 is 4.79 Å². The third-order valence-electron chi connectivity index (χ3n) is 4.18. The van der Waals surface area contributed by atoms with Crippen LogP contribution in [-0.2, 0) is 0 Å². The summed E-state index contributed by atoms with van der Waals surface area (Å²) >= 11 is 0. The molecule has 0 unspecified atom stereocenters. The van der Waals surface area contributed by atoms with Crippen LogP contribution in [0.4, 0.5) is 16.2 Å². The Morgan fingerprint density at radius 3 is 1.50 bits per heavy atom. The highest BCUT2D eigenvalue weighted by molar-refractivity contribution is 6.03. The molecular weight excluding hydrogens is 328 g/mol. The molecule has 4 N–H and O–H groups in total. The number of hydrogen-bond donors (Lipinski definition) is 4. The highest BCUT2D eigenvalue weighted by Gasteiger charge is 2.10. The third kappa shape index (κ3) is 3.66. The van der Waals surface area contributed by atoms with Crippen LogP contribution in [-0.4, -0.2) is 43.9 Å². The summed E-state index contributed by atoms with van der Waals surface area (Å²) in [5, 5.41) is 12.1. The van der Waals surface area contributed by atoms with Crippen LogP contribution in [0.3, 0.4) is 0 Å². The summed E-state index contributed by atoms with van der Waals surface area (Å²) in [6.07, 6.45) is 0. The molecule has 7 nitrogen and oxygen atoms in total. The monoisotopic (exact) mass is 348 g/mol. The molecule has 2 aliphatic heterocycles. The van der Waals surface area contributed by atoms with Crippen molar-refractivity contribution in [1.82, 2.24) is 10.6 Å². The van der Waals surface area contributed by atoms with Crippen molar-refractivity contribution in [2.24, 2.45) is 9.98 Å². The van der Waals surface area contributed by atoms with Crippen LogP contribution >= 0.6 is 0 Å². The molecule has 0 saturated heterocycles. The molecule has 0 radical (unpaired) electrons. The van der Waals surface area contributed by atoms with E-state index in [4.69, 9.17) is 0 Å². The Hall–Kier alpha value is -3.35. The third-order valence-corrected chi connectivity index (χ3v) is 4.18. The fraction of sp³-hybridized carbons (Fsp3) is 0.211. The number of urea groups is 1. The Balaban J connectivity index is 1.34. The number of rotatable bonds is 4. The maximum Gasteiger partial charge on any atom is 0.323 e. The first-order valence-electron chi connectivity index (χ1n) is 8.63. The smallest absolute Gasteiger partial charge is 0.323 e. The Morgan fingerprint density at radius 2 is 1.15 bits per heavy atom. The number of hydrogen-bond acceptors (Lipinski definition) is 5. The summed E-state index contributed by atoms with van der Waals surface area (Å²) in [5.74, 6) is 1.81. The van der Waals surface area contributed by atoms with Gasteiger partial charge in [-0.3, -0.25) is 9.98 Å². The fourth-order valence-corrected chi connectivity index (χ4v) is 2.90. The van der Waals surface area contributed by atoms with Crippen LogP contribution in [0.2, 0.25) is 0 Å². The van der Waals surface area contributed by atoms with Crippen LogP contribution in [0.1, 0.15) is 11.1 Å². The van der Waals surface area contributed by atoms with E-state index in [1.165, 1.54) is 0 Å². The van der Waals surface area contributed by atoms with Crippen LogP contribution < -0.4 is 21.3 Å². The van der Waals surface area contributed by atoms with E-state index < -0.39 is 0 Å². The lowest BCUT2D eigenvalue weighted by molar-refractivity contribution is 0.262. The minimum absolute atomic E-state index is 0.279. The summed E-state index contributed by atoms with van der Waals surface area (Å²) in [5.41, 5.74) is 3.50. The Kier molecular flexibility index (Phi) is 4.51. The molecule has 2 aromatic rings. The van der Waals surface area contributed by atoms with Crippen molar-refractivity contribution >= 4 is 29.1 Å². The second kappa shape index (κ2) is 7.26. The molecule has 0 fully saturated rings. The van der Waals surface area contributed by atoms with Gasteiger partial charge in [-0.25, -0.2) is 4.79 Å². The number of amides is 2. The molecule has 0 aliphatic carbocycles. The Morgan fingerprint density at radius 1 is 0.731 bits per heavy atom. The molecule has 4 rings (SSSR count). The van der Waals surface area contributed by atoms with E-state index in [9.17, 15) is 4.79 Å². The molecule has 0 bridgehead atoms. The molecule has 2 heterocycles. The van der Waals surface area contributed by atoms with E-state index in [1.54, 1.807) is 0 Å². The second-order valence-corrected chi connectivity index (χ2v) is 6.05. The molecule has 2 amide bonds. The lowest BCUT2D eigenvalue weighted by atomic mass is 10.2. The molecule has 7 heteroatoms. The van der Waals surface area contributed by atoms with E-state index in [1.807, 2.05) is 48.5 Å². The number of nitrogens with zero attached hydrogens (tertiary/aromatic N) is 2. The topological polar surface area (TPSA) is 89.9 Å². The summed E-state index contributed by atoms with van der Waals surface area (Å²) < 4.78 is 0. The van der Waals surface area contributed by atoms with Gasteiger partial charge in [-0.1, -0.05) is 0 Å². The van der Waals surface area contributed by atoms with Gasteiger partial charge in [0, 0.05) is 35.6 Å². The average molecular weight is 348 g/mol. The molecule has 132 valence electrons. The molecule has 0 spiro atoms. The highest BCUT2D eigenvalue weighted by Crippen LogP contribution is 2.14. The number of carbonyl (C=O) groups excluding carboxylic acids is 1. The van der Waals surface area contributed by atoms with Gasteiger partial charge in [0.25, 0.3) is 0 Å². The van der Waals surface area contributed by atoms with Gasteiger partial charge in [-0.15, -0.1) is 0 Å². The molecule has 2 aliphatic rings. The number of benzene rings is 2. The highest BCUT2D eigenvalue weighted by atomic mass is 16.2. The first kappa shape index (κ1) is 16.1.